The first-order valence-electron chi connectivity index (χ1n) is 4.70. The number of carbonyl (C=O) groups is 1. The first kappa shape index (κ1) is 13.4. The molecule has 1 unspecified atom stereocenters. The fourth-order valence-electron chi connectivity index (χ4n) is 0.863. The van der Waals surface area contributed by atoms with Crippen LogP contribution in [0.4, 0.5) is 0 Å². The van der Waals surface area contributed by atoms with E-state index >= 15 is 0 Å². The van der Waals surface area contributed by atoms with Crippen molar-refractivity contribution in [1.29, 1.82) is 0 Å². The molecule has 15 heavy (non-hydrogen) atoms. The van der Waals surface area contributed by atoms with Crippen molar-refractivity contribution in [2.45, 2.75) is 19.4 Å². The number of rotatable bonds is 6. The van der Waals surface area contributed by atoms with Crippen molar-refractivity contribution in [1.82, 2.24) is 0 Å². The van der Waals surface area contributed by atoms with Crippen molar-refractivity contribution in [3.8, 4) is 0 Å². The van der Waals surface area contributed by atoms with Crippen molar-refractivity contribution in [2.24, 2.45) is 0 Å². The van der Waals surface area contributed by atoms with Gasteiger partial charge in [0.05, 0.1) is 6.10 Å². The van der Waals surface area contributed by atoms with Gasteiger partial charge in [0, 0.05) is 6.08 Å². The van der Waals surface area contributed by atoms with E-state index < -0.39 is 12.1 Å². The summed E-state index contributed by atoms with van der Waals surface area (Å²) in [5.41, 5.74) is 0. The molecule has 0 aliphatic carbocycles. The van der Waals surface area contributed by atoms with Crippen molar-refractivity contribution in [3.63, 3.8) is 0 Å². The van der Waals surface area contributed by atoms with Gasteiger partial charge in [0.25, 0.3) is 0 Å². The average molecular weight is 208 g/mol. The third-order valence-electron chi connectivity index (χ3n) is 1.50. The SMILES string of the molecule is C/C=C/C(O)C/C=C/C=C/C=C/C(=O)O. The van der Waals surface area contributed by atoms with Gasteiger partial charge in [-0.25, -0.2) is 4.79 Å². The van der Waals surface area contributed by atoms with E-state index in [1.54, 1.807) is 30.4 Å². The highest BCUT2D eigenvalue weighted by Crippen LogP contribution is 1.95. The summed E-state index contributed by atoms with van der Waals surface area (Å²) < 4.78 is 0. The van der Waals surface area contributed by atoms with Gasteiger partial charge in [0.1, 0.15) is 0 Å². The molecule has 0 aliphatic rings. The van der Waals surface area contributed by atoms with Gasteiger partial charge in [0.15, 0.2) is 0 Å². The van der Waals surface area contributed by atoms with Crippen LogP contribution in [-0.4, -0.2) is 22.3 Å². The van der Waals surface area contributed by atoms with Crippen LogP contribution in [0.15, 0.2) is 48.6 Å². The minimum atomic E-state index is -0.966. The molecule has 1 atom stereocenters. The number of carboxylic acids is 1. The molecule has 0 heterocycles. The van der Waals surface area contributed by atoms with Gasteiger partial charge in [-0.2, -0.15) is 0 Å². The lowest BCUT2D eigenvalue weighted by atomic mass is 10.2. The summed E-state index contributed by atoms with van der Waals surface area (Å²) in [5.74, 6) is -0.966. The molecule has 0 saturated carbocycles. The van der Waals surface area contributed by atoms with Gasteiger partial charge < -0.3 is 10.2 Å². The Bertz CT molecular complexity index is 285. The maximum absolute atomic E-state index is 10.1. The molecular formula is C12H16O3. The zero-order valence-corrected chi connectivity index (χ0v) is 8.71. The van der Waals surface area contributed by atoms with E-state index in [4.69, 9.17) is 5.11 Å². The second-order valence-electron chi connectivity index (χ2n) is 2.84. The molecule has 82 valence electrons. The molecule has 0 rings (SSSR count). The minimum absolute atomic E-state index is 0.450. The van der Waals surface area contributed by atoms with Crippen molar-refractivity contribution < 1.29 is 15.0 Å². The molecule has 0 spiro atoms. The van der Waals surface area contributed by atoms with E-state index in [0.29, 0.717) is 6.42 Å². The molecule has 3 heteroatoms. The number of aliphatic carboxylic acids is 1. The minimum Gasteiger partial charge on any atom is -0.478 e. The highest BCUT2D eigenvalue weighted by Gasteiger charge is 1.91. The number of carboxylic acid groups (broad SMARTS) is 1. The van der Waals surface area contributed by atoms with Crippen LogP contribution >= 0.6 is 0 Å². The quantitative estimate of drug-likeness (QED) is 0.399. The largest absolute Gasteiger partial charge is 0.478 e. The van der Waals surface area contributed by atoms with Gasteiger partial charge in [-0.3, -0.25) is 0 Å². The summed E-state index contributed by atoms with van der Waals surface area (Å²) in [4.78, 5) is 10.1. The zero-order chi connectivity index (χ0) is 11.5. The lowest BCUT2D eigenvalue weighted by molar-refractivity contribution is -0.131. The van der Waals surface area contributed by atoms with Gasteiger partial charge >= 0.3 is 5.97 Å². The van der Waals surface area contributed by atoms with Crippen LogP contribution in [0.2, 0.25) is 0 Å². The molecule has 0 saturated heterocycles. The average Bonchev–Trinajstić information content (AvgIpc) is 2.16. The summed E-state index contributed by atoms with van der Waals surface area (Å²) in [6.07, 6.45) is 13.0. The molecule has 0 aliphatic heterocycles. The zero-order valence-electron chi connectivity index (χ0n) is 8.71. The normalized spacial score (nSPS) is 14.8. The lowest BCUT2D eigenvalue weighted by Gasteiger charge is -1.97. The van der Waals surface area contributed by atoms with Crippen molar-refractivity contribution in [2.75, 3.05) is 0 Å². The monoisotopic (exact) mass is 208 g/mol. The predicted molar refractivity (Wildman–Crippen MR) is 60.5 cm³/mol. The van der Waals surface area contributed by atoms with Crippen LogP contribution in [0, 0.1) is 0 Å². The fourth-order valence-corrected chi connectivity index (χ4v) is 0.863. The molecule has 0 radical (unpaired) electrons. The van der Waals surface area contributed by atoms with E-state index in [2.05, 4.69) is 0 Å². The highest BCUT2D eigenvalue weighted by atomic mass is 16.4. The van der Waals surface area contributed by atoms with Crippen LogP contribution < -0.4 is 0 Å². The molecular weight excluding hydrogens is 192 g/mol. The smallest absolute Gasteiger partial charge is 0.328 e. The summed E-state index contributed by atoms with van der Waals surface area (Å²) in [6, 6.07) is 0. The van der Waals surface area contributed by atoms with Crippen molar-refractivity contribution >= 4 is 5.97 Å². The first-order chi connectivity index (χ1) is 7.16. The second kappa shape index (κ2) is 8.97. The van der Waals surface area contributed by atoms with Gasteiger partial charge in [-0.05, 0) is 13.3 Å². The Balaban J connectivity index is 3.75. The summed E-state index contributed by atoms with van der Waals surface area (Å²) in [7, 11) is 0. The topological polar surface area (TPSA) is 57.5 Å². The molecule has 2 N–H and O–H groups in total. The Morgan fingerprint density at radius 3 is 2.53 bits per heavy atom. The Morgan fingerprint density at radius 1 is 1.27 bits per heavy atom. The summed E-state index contributed by atoms with van der Waals surface area (Å²) in [5, 5.41) is 17.5. The molecule has 0 aromatic heterocycles. The van der Waals surface area contributed by atoms with Gasteiger partial charge in [-0.15, -0.1) is 0 Å². The third kappa shape index (κ3) is 10.3. The highest BCUT2D eigenvalue weighted by molar-refractivity contribution is 5.80. The third-order valence-corrected chi connectivity index (χ3v) is 1.50. The van der Waals surface area contributed by atoms with E-state index in [0.717, 1.165) is 6.08 Å². The number of allylic oxidation sites excluding steroid dienone is 5. The molecule has 0 aromatic carbocycles. The number of aliphatic hydroxyl groups is 1. The maximum Gasteiger partial charge on any atom is 0.328 e. The molecule has 0 aromatic rings. The fraction of sp³-hybridized carbons (Fsp3) is 0.250. The summed E-state index contributed by atoms with van der Waals surface area (Å²) in [6.45, 7) is 1.85. The van der Waals surface area contributed by atoms with Crippen LogP contribution in [0.1, 0.15) is 13.3 Å². The van der Waals surface area contributed by atoms with Crippen molar-refractivity contribution in [3.05, 3.63) is 48.6 Å². The van der Waals surface area contributed by atoms with E-state index in [-0.39, 0.29) is 0 Å². The molecule has 0 amide bonds. The van der Waals surface area contributed by atoms with Crippen LogP contribution in [0.3, 0.4) is 0 Å². The van der Waals surface area contributed by atoms with E-state index in [9.17, 15) is 9.90 Å². The van der Waals surface area contributed by atoms with E-state index in [1.165, 1.54) is 6.08 Å². The lowest BCUT2D eigenvalue weighted by Crippen LogP contribution is -1.98. The Labute approximate surface area is 89.7 Å². The molecule has 0 bridgehead atoms. The predicted octanol–water partition coefficient (Wildman–Crippen LogP) is 2.07. The molecule has 3 nitrogen and oxygen atoms in total. The standard InChI is InChI=1S/C12H16O3/c1-2-8-11(13)9-6-4-3-5-7-10-12(14)15/h2-8,10-11,13H,9H2,1H3,(H,14,15)/b5-3+,6-4+,8-2+,10-7+. The van der Waals surface area contributed by atoms with Gasteiger partial charge in [-0.1, -0.05) is 42.5 Å². The Kier molecular flexibility index (Phi) is 8.00. The number of hydrogen-bond acceptors (Lipinski definition) is 2. The second-order valence-corrected chi connectivity index (χ2v) is 2.84. The Morgan fingerprint density at radius 2 is 1.93 bits per heavy atom. The van der Waals surface area contributed by atoms with Crippen LogP contribution in [0.5, 0.6) is 0 Å². The Hall–Kier alpha value is -1.61. The number of aliphatic hydroxyl groups excluding tert-OH is 1. The molecule has 0 fully saturated rings. The summed E-state index contributed by atoms with van der Waals surface area (Å²) >= 11 is 0. The first-order valence-corrected chi connectivity index (χ1v) is 4.70. The van der Waals surface area contributed by atoms with Crippen LogP contribution in [-0.2, 0) is 4.79 Å². The van der Waals surface area contributed by atoms with Gasteiger partial charge in [0.2, 0.25) is 0 Å². The van der Waals surface area contributed by atoms with E-state index in [1.807, 2.05) is 13.0 Å². The number of hydrogen-bond donors (Lipinski definition) is 2. The van der Waals surface area contributed by atoms with Crippen LogP contribution in [0.25, 0.3) is 0 Å². The maximum atomic E-state index is 10.1.